The van der Waals surface area contributed by atoms with Crippen molar-refractivity contribution in [2.45, 2.75) is 12.5 Å². The van der Waals surface area contributed by atoms with Crippen molar-refractivity contribution in [2.75, 3.05) is 54.2 Å². The lowest BCUT2D eigenvalue weighted by atomic mass is 10.2. The van der Waals surface area contributed by atoms with Crippen molar-refractivity contribution in [3.05, 3.63) is 0 Å². The Morgan fingerprint density at radius 3 is 1.88 bits per heavy atom. The van der Waals surface area contributed by atoms with E-state index in [1.165, 1.54) is 0 Å². The number of rotatable bonds is 11. The molecule has 6 nitrogen and oxygen atoms in total. The number of ether oxygens (including phenoxy) is 3. The molecular formula is C11H23NO5. The summed E-state index contributed by atoms with van der Waals surface area (Å²) in [5, 5.41) is 9.19. The Balaban J connectivity index is 4.37. The van der Waals surface area contributed by atoms with Gasteiger partial charge in [0.25, 0.3) is 0 Å². The number of methoxy groups -OCH3 is 3. The van der Waals surface area contributed by atoms with Crippen LogP contribution in [0.25, 0.3) is 0 Å². The molecule has 0 fully saturated rings. The monoisotopic (exact) mass is 249 g/mol. The first-order chi connectivity index (χ1) is 8.17. The molecule has 1 atom stereocenters. The van der Waals surface area contributed by atoms with E-state index in [-0.39, 0.29) is 0 Å². The van der Waals surface area contributed by atoms with Crippen LogP contribution in [0.4, 0.5) is 0 Å². The molecule has 0 aliphatic heterocycles. The number of nitrogens with zero attached hydrogens (tertiary/aromatic N) is 1. The lowest BCUT2D eigenvalue weighted by Crippen LogP contribution is -2.45. The molecule has 1 unspecified atom stereocenters. The van der Waals surface area contributed by atoms with Gasteiger partial charge in [0, 0.05) is 41.0 Å². The van der Waals surface area contributed by atoms with E-state index in [2.05, 4.69) is 0 Å². The summed E-state index contributed by atoms with van der Waals surface area (Å²) >= 11 is 0. The lowest BCUT2D eigenvalue weighted by molar-refractivity contribution is -0.144. The molecule has 0 rings (SSSR count). The Morgan fingerprint density at radius 2 is 1.53 bits per heavy atom. The summed E-state index contributed by atoms with van der Waals surface area (Å²) in [6.45, 7) is 2.56. The molecule has 0 bridgehead atoms. The van der Waals surface area contributed by atoms with E-state index in [9.17, 15) is 9.90 Å². The molecule has 0 aliphatic carbocycles. The van der Waals surface area contributed by atoms with Crippen molar-refractivity contribution in [3.8, 4) is 0 Å². The third-order valence-electron chi connectivity index (χ3n) is 2.49. The number of carboxylic acids is 1. The molecular weight excluding hydrogens is 226 g/mol. The Morgan fingerprint density at radius 1 is 1.06 bits per heavy atom. The largest absolute Gasteiger partial charge is 0.480 e. The first kappa shape index (κ1) is 16.3. The van der Waals surface area contributed by atoms with E-state index in [1.54, 1.807) is 21.3 Å². The van der Waals surface area contributed by atoms with Crippen LogP contribution < -0.4 is 0 Å². The molecule has 0 spiro atoms. The highest BCUT2D eigenvalue weighted by atomic mass is 16.5. The first-order valence-electron chi connectivity index (χ1n) is 5.61. The maximum Gasteiger partial charge on any atom is 0.321 e. The van der Waals surface area contributed by atoms with E-state index in [1.807, 2.05) is 4.90 Å². The van der Waals surface area contributed by atoms with Crippen molar-refractivity contribution in [3.63, 3.8) is 0 Å². The van der Waals surface area contributed by atoms with Gasteiger partial charge in [-0.2, -0.15) is 0 Å². The minimum Gasteiger partial charge on any atom is -0.480 e. The molecule has 0 aromatic heterocycles. The van der Waals surface area contributed by atoms with Gasteiger partial charge < -0.3 is 19.3 Å². The number of hydrogen-bond donors (Lipinski definition) is 1. The molecule has 0 heterocycles. The number of carboxylic acid groups (broad SMARTS) is 1. The molecule has 0 aromatic rings. The molecule has 0 radical (unpaired) electrons. The molecule has 0 aromatic carbocycles. The highest BCUT2D eigenvalue weighted by molar-refractivity contribution is 5.73. The summed E-state index contributed by atoms with van der Waals surface area (Å²) in [5.74, 6) is -0.839. The van der Waals surface area contributed by atoms with Crippen LogP contribution in [0.5, 0.6) is 0 Å². The van der Waals surface area contributed by atoms with Gasteiger partial charge in [0.1, 0.15) is 6.04 Å². The Hall–Kier alpha value is -0.690. The van der Waals surface area contributed by atoms with Gasteiger partial charge in [-0.05, 0) is 6.42 Å². The quantitative estimate of drug-likeness (QED) is 0.559. The van der Waals surface area contributed by atoms with Crippen LogP contribution in [-0.2, 0) is 19.0 Å². The normalized spacial score (nSPS) is 12.9. The minimum atomic E-state index is -0.839. The maximum atomic E-state index is 11.2. The Kier molecular flexibility index (Phi) is 10.0. The number of aliphatic carboxylic acids is 1. The van der Waals surface area contributed by atoms with Crippen LogP contribution in [0.1, 0.15) is 6.42 Å². The second-order valence-electron chi connectivity index (χ2n) is 3.66. The van der Waals surface area contributed by atoms with E-state index in [4.69, 9.17) is 14.2 Å². The zero-order chi connectivity index (χ0) is 13.1. The van der Waals surface area contributed by atoms with Crippen LogP contribution in [0.2, 0.25) is 0 Å². The molecule has 1 N–H and O–H groups in total. The van der Waals surface area contributed by atoms with Crippen LogP contribution >= 0.6 is 0 Å². The first-order valence-corrected chi connectivity index (χ1v) is 5.61. The van der Waals surface area contributed by atoms with Gasteiger partial charge in [-0.25, -0.2) is 0 Å². The zero-order valence-corrected chi connectivity index (χ0v) is 10.8. The third kappa shape index (κ3) is 7.27. The van der Waals surface area contributed by atoms with E-state index in [0.717, 1.165) is 0 Å². The molecule has 0 saturated heterocycles. The Bertz CT molecular complexity index is 192. The van der Waals surface area contributed by atoms with Crippen molar-refractivity contribution in [1.82, 2.24) is 4.90 Å². The maximum absolute atomic E-state index is 11.2. The SMILES string of the molecule is COCCC(C(=O)O)N(CCOC)CCOC. The summed E-state index contributed by atoms with van der Waals surface area (Å²) in [7, 11) is 4.76. The van der Waals surface area contributed by atoms with Crippen molar-refractivity contribution in [1.29, 1.82) is 0 Å². The van der Waals surface area contributed by atoms with Crippen molar-refractivity contribution >= 4 is 5.97 Å². The minimum absolute atomic E-state index is 0.424. The average molecular weight is 249 g/mol. The summed E-state index contributed by atoms with van der Waals surface area (Å²) in [6.07, 6.45) is 0.458. The molecule has 0 saturated carbocycles. The van der Waals surface area contributed by atoms with Crippen LogP contribution in [0.15, 0.2) is 0 Å². The summed E-state index contributed by atoms with van der Waals surface area (Å²) in [4.78, 5) is 13.0. The second-order valence-corrected chi connectivity index (χ2v) is 3.66. The average Bonchev–Trinajstić information content (AvgIpc) is 2.31. The molecule has 0 amide bonds. The smallest absolute Gasteiger partial charge is 0.321 e. The van der Waals surface area contributed by atoms with Gasteiger partial charge in [-0.3, -0.25) is 9.69 Å². The fourth-order valence-corrected chi connectivity index (χ4v) is 1.53. The van der Waals surface area contributed by atoms with Gasteiger partial charge in [0.15, 0.2) is 0 Å². The molecule has 6 heteroatoms. The van der Waals surface area contributed by atoms with Gasteiger partial charge in [-0.1, -0.05) is 0 Å². The fraction of sp³-hybridized carbons (Fsp3) is 0.909. The van der Waals surface area contributed by atoms with E-state index in [0.29, 0.717) is 39.3 Å². The standard InChI is InChI=1S/C11H23NO5/c1-15-7-4-10(11(13)14)12(5-8-16-2)6-9-17-3/h10H,4-9H2,1-3H3,(H,13,14). The lowest BCUT2D eigenvalue weighted by Gasteiger charge is -2.28. The van der Waals surface area contributed by atoms with Gasteiger partial charge in [-0.15, -0.1) is 0 Å². The second kappa shape index (κ2) is 10.5. The van der Waals surface area contributed by atoms with Crippen LogP contribution in [0.3, 0.4) is 0 Å². The molecule has 0 aliphatic rings. The number of carbonyl (C=O) groups is 1. The molecule has 17 heavy (non-hydrogen) atoms. The van der Waals surface area contributed by atoms with E-state index < -0.39 is 12.0 Å². The van der Waals surface area contributed by atoms with Crippen LogP contribution in [-0.4, -0.2) is 76.3 Å². The predicted octanol–water partition coefficient (Wildman–Crippen LogP) is 0.0709. The topological polar surface area (TPSA) is 68.2 Å². The zero-order valence-electron chi connectivity index (χ0n) is 10.8. The van der Waals surface area contributed by atoms with Crippen molar-refractivity contribution < 1.29 is 24.1 Å². The van der Waals surface area contributed by atoms with Gasteiger partial charge in [0.2, 0.25) is 0 Å². The third-order valence-corrected chi connectivity index (χ3v) is 2.49. The fourth-order valence-electron chi connectivity index (χ4n) is 1.53. The summed E-state index contributed by atoms with van der Waals surface area (Å²) in [5.41, 5.74) is 0. The van der Waals surface area contributed by atoms with Crippen LogP contribution in [0, 0.1) is 0 Å². The summed E-state index contributed by atoms with van der Waals surface area (Å²) in [6, 6.07) is -0.555. The highest BCUT2D eigenvalue weighted by Gasteiger charge is 2.24. The van der Waals surface area contributed by atoms with Gasteiger partial charge in [0.05, 0.1) is 13.2 Å². The summed E-state index contributed by atoms with van der Waals surface area (Å²) < 4.78 is 14.9. The van der Waals surface area contributed by atoms with Crippen molar-refractivity contribution in [2.24, 2.45) is 0 Å². The van der Waals surface area contributed by atoms with E-state index >= 15 is 0 Å². The molecule has 102 valence electrons. The number of hydrogen-bond acceptors (Lipinski definition) is 5. The Labute approximate surface area is 102 Å². The predicted molar refractivity (Wildman–Crippen MR) is 63.2 cm³/mol. The van der Waals surface area contributed by atoms with Gasteiger partial charge >= 0.3 is 5.97 Å². The highest BCUT2D eigenvalue weighted by Crippen LogP contribution is 2.05.